The fourth-order valence-corrected chi connectivity index (χ4v) is 2.53. The van der Waals surface area contributed by atoms with Crippen LogP contribution in [0, 0.1) is 6.92 Å². The minimum atomic E-state index is 0.948. The normalized spacial score (nSPS) is 10.7. The van der Waals surface area contributed by atoms with Gasteiger partial charge in [-0.05, 0) is 51.4 Å². The standard InChI is InChI=1S/C10H16ClNS/c1-8-7-9(13-10(8)11)5-3-4-6-12-2/h7,12H,3-6H2,1-2H3. The number of hydrogen-bond acceptors (Lipinski definition) is 2. The molecule has 1 N–H and O–H groups in total. The van der Waals surface area contributed by atoms with E-state index in [-0.39, 0.29) is 0 Å². The molecular formula is C10H16ClNS. The van der Waals surface area contributed by atoms with Gasteiger partial charge in [-0.3, -0.25) is 0 Å². The molecule has 0 saturated heterocycles. The fraction of sp³-hybridized carbons (Fsp3) is 0.600. The lowest BCUT2D eigenvalue weighted by molar-refractivity contribution is 0.680. The maximum absolute atomic E-state index is 5.98. The van der Waals surface area contributed by atoms with E-state index >= 15 is 0 Å². The summed E-state index contributed by atoms with van der Waals surface area (Å²) in [4.78, 5) is 1.42. The summed E-state index contributed by atoms with van der Waals surface area (Å²) in [5, 5.41) is 3.15. The van der Waals surface area contributed by atoms with E-state index in [0.29, 0.717) is 0 Å². The Kier molecular flexibility index (Phi) is 4.78. The summed E-state index contributed by atoms with van der Waals surface area (Å²) < 4.78 is 0.948. The van der Waals surface area contributed by atoms with Crippen LogP contribution in [0.25, 0.3) is 0 Å². The lowest BCUT2D eigenvalue weighted by atomic mass is 10.2. The fourth-order valence-electron chi connectivity index (χ4n) is 1.25. The van der Waals surface area contributed by atoms with Crippen molar-refractivity contribution < 1.29 is 0 Å². The number of halogens is 1. The molecular weight excluding hydrogens is 202 g/mol. The minimum Gasteiger partial charge on any atom is -0.320 e. The van der Waals surface area contributed by atoms with Crippen LogP contribution in [0.4, 0.5) is 0 Å². The van der Waals surface area contributed by atoms with Gasteiger partial charge in [-0.2, -0.15) is 0 Å². The smallest absolute Gasteiger partial charge is 0.0960 e. The zero-order valence-corrected chi connectivity index (χ0v) is 9.76. The van der Waals surface area contributed by atoms with Crippen LogP contribution in [-0.2, 0) is 6.42 Å². The summed E-state index contributed by atoms with van der Waals surface area (Å²) in [6.07, 6.45) is 3.65. The topological polar surface area (TPSA) is 12.0 Å². The van der Waals surface area contributed by atoms with Crippen molar-refractivity contribution in [2.45, 2.75) is 26.2 Å². The number of thiophene rings is 1. The third kappa shape index (κ3) is 3.67. The van der Waals surface area contributed by atoms with Gasteiger partial charge < -0.3 is 5.32 Å². The third-order valence-electron chi connectivity index (χ3n) is 2.01. The van der Waals surface area contributed by atoms with Crippen molar-refractivity contribution in [2.24, 2.45) is 0 Å². The second-order valence-electron chi connectivity index (χ2n) is 3.23. The van der Waals surface area contributed by atoms with E-state index in [0.717, 1.165) is 10.9 Å². The Bertz CT molecular complexity index is 238. The van der Waals surface area contributed by atoms with Crippen LogP contribution in [0.15, 0.2) is 6.07 Å². The van der Waals surface area contributed by atoms with Gasteiger partial charge in [0.05, 0.1) is 4.34 Å². The Morgan fingerprint density at radius 1 is 1.46 bits per heavy atom. The Morgan fingerprint density at radius 2 is 2.23 bits per heavy atom. The molecule has 1 nitrogen and oxygen atoms in total. The molecule has 3 heteroatoms. The number of rotatable bonds is 5. The van der Waals surface area contributed by atoms with Gasteiger partial charge in [0, 0.05) is 4.88 Å². The molecule has 0 atom stereocenters. The van der Waals surface area contributed by atoms with Gasteiger partial charge in [-0.15, -0.1) is 11.3 Å². The highest BCUT2D eigenvalue weighted by molar-refractivity contribution is 7.16. The van der Waals surface area contributed by atoms with Gasteiger partial charge in [0.25, 0.3) is 0 Å². The summed E-state index contributed by atoms with van der Waals surface area (Å²) in [6.45, 7) is 3.17. The van der Waals surface area contributed by atoms with E-state index in [1.54, 1.807) is 11.3 Å². The van der Waals surface area contributed by atoms with Crippen LogP contribution in [0.3, 0.4) is 0 Å². The monoisotopic (exact) mass is 217 g/mol. The molecule has 0 radical (unpaired) electrons. The lowest BCUT2D eigenvalue weighted by Crippen LogP contribution is -2.07. The van der Waals surface area contributed by atoms with Gasteiger partial charge >= 0.3 is 0 Å². The number of aryl methyl sites for hydroxylation is 2. The van der Waals surface area contributed by atoms with E-state index in [1.807, 2.05) is 7.05 Å². The first-order valence-corrected chi connectivity index (χ1v) is 5.83. The van der Waals surface area contributed by atoms with Crippen LogP contribution >= 0.6 is 22.9 Å². The molecule has 1 heterocycles. The summed E-state index contributed by atoms with van der Waals surface area (Å²) in [5.74, 6) is 0. The molecule has 0 aromatic carbocycles. The van der Waals surface area contributed by atoms with Gasteiger partial charge in [0.15, 0.2) is 0 Å². The molecule has 0 bridgehead atoms. The summed E-state index contributed by atoms with van der Waals surface area (Å²) in [7, 11) is 1.99. The van der Waals surface area contributed by atoms with E-state index in [2.05, 4.69) is 18.3 Å². The maximum atomic E-state index is 5.98. The van der Waals surface area contributed by atoms with Crippen molar-refractivity contribution in [3.8, 4) is 0 Å². The Labute approximate surface area is 89.1 Å². The Morgan fingerprint density at radius 3 is 2.77 bits per heavy atom. The van der Waals surface area contributed by atoms with E-state index in [9.17, 15) is 0 Å². The summed E-state index contributed by atoms with van der Waals surface area (Å²) in [6, 6.07) is 2.20. The second kappa shape index (κ2) is 5.63. The average molecular weight is 218 g/mol. The number of unbranched alkanes of at least 4 members (excludes halogenated alkanes) is 1. The quantitative estimate of drug-likeness (QED) is 0.747. The Hall–Kier alpha value is -0.0500. The van der Waals surface area contributed by atoms with E-state index in [4.69, 9.17) is 11.6 Å². The van der Waals surface area contributed by atoms with Crippen molar-refractivity contribution in [3.05, 3.63) is 20.8 Å². The molecule has 0 saturated carbocycles. The molecule has 74 valence electrons. The predicted molar refractivity (Wildman–Crippen MR) is 60.9 cm³/mol. The third-order valence-corrected chi connectivity index (χ3v) is 3.62. The maximum Gasteiger partial charge on any atom is 0.0960 e. The molecule has 0 unspecified atom stereocenters. The zero-order valence-electron chi connectivity index (χ0n) is 8.19. The van der Waals surface area contributed by atoms with Crippen molar-refractivity contribution in [3.63, 3.8) is 0 Å². The zero-order chi connectivity index (χ0) is 9.68. The average Bonchev–Trinajstić information content (AvgIpc) is 2.41. The first-order valence-electron chi connectivity index (χ1n) is 4.63. The first kappa shape index (κ1) is 11.0. The predicted octanol–water partition coefficient (Wildman–Crippen LogP) is 3.25. The largest absolute Gasteiger partial charge is 0.320 e. The molecule has 0 amide bonds. The van der Waals surface area contributed by atoms with E-state index < -0.39 is 0 Å². The molecule has 13 heavy (non-hydrogen) atoms. The van der Waals surface area contributed by atoms with Gasteiger partial charge in [0.1, 0.15) is 0 Å². The van der Waals surface area contributed by atoms with Crippen molar-refractivity contribution in [1.29, 1.82) is 0 Å². The highest BCUT2D eigenvalue weighted by atomic mass is 35.5. The molecule has 0 aliphatic rings. The first-order chi connectivity index (χ1) is 6.24. The van der Waals surface area contributed by atoms with Crippen LogP contribution < -0.4 is 5.32 Å². The molecule has 1 rings (SSSR count). The summed E-state index contributed by atoms with van der Waals surface area (Å²) in [5.41, 5.74) is 1.22. The highest BCUT2D eigenvalue weighted by Gasteiger charge is 2.02. The van der Waals surface area contributed by atoms with Crippen molar-refractivity contribution >= 4 is 22.9 Å². The van der Waals surface area contributed by atoms with Gasteiger partial charge in [0.2, 0.25) is 0 Å². The number of nitrogens with one attached hydrogen (secondary N) is 1. The summed E-state index contributed by atoms with van der Waals surface area (Å²) >= 11 is 7.69. The molecule has 0 spiro atoms. The SMILES string of the molecule is CNCCCCc1cc(C)c(Cl)s1. The molecule has 1 aromatic heterocycles. The highest BCUT2D eigenvalue weighted by Crippen LogP contribution is 2.27. The Balaban J connectivity index is 2.29. The van der Waals surface area contributed by atoms with Gasteiger partial charge in [-0.25, -0.2) is 0 Å². The molecule has 0 fully saturated rings. The van der Waals surface area contributed by atoms with Gasteiger partial charge in [-0.1, -0.05) is 11.6 Å². The van der Waals surface area contributed by atoms with Crippen LogP contribution in [0.2, 0.25) is 4.34 Å². The second-order valence-corrected chi connectivity index (χ2v) is 4.97. The molecule has 0 aliphatic carbocycles. The van der Waals surface area contributed by atoms with Crippen molar-refractivity contribution in [1.82, 2.24) is 5.32 Å². The van der Waals surface area contributed by atoms with Crippen LogP contribution in [0.1, 0.15) is 23.3 Å². The van der Waals surface area contributed by atoms with Crippen LogP contribution in [-0.4, -0.2) is 13.6 Å². The lowest BCUT2D eigenvalue weighted by Gasteiger charge is -1.97. The minimum absolute atomic E-state index is 0.948. The molecule has 1 aromatic rings. The number of hydrogen-bond donors (Lipinski definition) is 1. The van der Waals surface area contributed by atoms with Crippen LogP contribution in [0.5, 0.6) is 0 Å². The van der Waals surface area contributed by atoms with Crippen molar-refractivity contribution in [2.75, 3.05) is 13.6 Å². The molecule has 0 aliphatic heterocycles. The van der Waals surface area contributed by atoms with E-state index in [1.165, 1.54) is 29.7 Å².